The van der Waals surface area contributed by atoms with E-state index in [1.165, 1.54) is 10.9 Å². The summed E-state index contributed by atoms with van der Waals surface area (Å²) >= 11 is 0. The van der Waals surface area contributed by atoms with Crippen molar-refractivity contribution in [2.24, 2.45) is 5.73 Å². The minimum Gasteiger partial charge on any atom is -0.394 e. The van der Waals surface area contributed by atoms with Crippen molar-refractivity contribution in [1.82, 2.24) is 15.0 Å². The normalized spacial score (nSPS) is 34.0. The Morgan fingerprint density at radius 2 is 2.10 bits per heavy atom. The van der Waals surface area contributed by atoms with Gasteiger partial charge in [-0.1, -0.05) is 11.5 Å². The molecule has 2 heterocycles. The lowest BCUT2D eigenvalue weighted by Crippen LogP contribution is -2.55. The zero-order valence-corrected chi connectivity index (χ0v) is 11.0. The number of amides is 1. The van der Waals surface area contributed by atoms with Crippen LogP contribution in [0.15, 0.2) is 6.20 Å². The van der Waals surface area contributed by atoms with Crippen molar-refractivity contribution in [3.8, 4) is 0 Å². The van der Waals surface area contributed by atoms with Crippen molar-refractivity contribution in [3.05, 3.63) is 11.9 Å². The number of nitrogens with two attached hydrogens (primary N) is 1. The van der Waals surface area contributed by atoms with Gasteiger partial charge in [0, 0.05) is 0 Å². The van der Waals surface area contributed by atoms with E-state index in [-0.39, 0.29) is 5.69 Å². The van der Waals surface area contributed by atoms with Gasteiger partial charge in [-0.15, -0.1) is 5.10 Å². The van der Waals surface area contributed by atoms with Gasteiger partial charge in [-0.05, 0) is 0 Å². The van der Waals surface area contributed by atoms with Crippen LogP contribution in [0, 0.1) is 0 Å². The Morgan fingerprint density at radius 1 is 1.45 bits per heavy atom. The summed E-state index contributed by atoms with van der Waals surface area (Å²) in [5.74, 6) is -0.752. The summed E-state index contributed by atoms with van der Waals surface area (Å²) in [7, 11) is 1.81. The van der Waals surface area contributed by atoms with Gasteiger partial charge in [-0.2, -0.15) is 0 Å². The van der Waals surface area contributed by atoms with Crippen LogP contribution in [0.1, 0.15) is 16.5 Å². The Labute approximate surface area is 115 Å². The predicted octanol–water partition coefficient (Wildman–Crippen LogP) is -3.55. The van der Waals surface area contributed by atoms with Crippen molar-refractivity contribution in [2.75, 3.05) is 6.61 Å². The Kier molecular flexibility index (Phi) is 4.38. The Bertz CT molecular complexity index is 468. The molecule has 20 heavy (non-hydrogen) atoms. The number of aliphatic hydroxyl groups is 3. The topological polar surface area (TPSA) is 144 Å². The van der Waals surface area contributed by atoms with Crippen LogP contribution in [-0.4, -0.2) is 75.1 Å². The summed E-state index contributed by atoms with van der Waals surface area (Å²) in [5.41, 5.74) is 5.02. The molecule has 0 bridgehead atoms. The van der Waals surface area contributed by atoms with E-state index < -0.39 is 43.0 Å². The van der Waals surface area contributed by atoms with E-state index in [1.54, 1.807) is 0 Å². The fraction of sp³-hybridized carbons (Fsp3) is 0.700. The maximum absolute atomic E-state index is 11.0. The molecule has 1 aromatic heterocycles. The molecule has 1 saturated heterocycles. The Morgan fingerprint density at radius 3 is 2.60 bits per heavy atom. The molecule has 0 saturated carbocycles. The SMILES string of the molecule is BC[C@H]1OC(CO)[C@H](O)[C@H](n2cc(C(N)=O)nn2)C1O. The second-order valence-corrected chi connectivity index (χ2v) is 4.72. The molecule has 10 heteroatoms. The number of nitrogens with zero attached hydrogens (tertiary/aromatic N) is 3. The Balaban J connectivity index is 2.31. The maximum Gasteiger partial charge on any atom is 0.270 e. The lowest BCUT2D eigenvalue weighted by atomic mass is 9.86. The minimum atomic E-state index is -1.18. The molecule has 110 valence electrons. The van der Waals surface area contributed by atoms with Crippen LogP contribution in [0.3, 0.4) is 0 Å². The summed E-state index contributed by atoms with van der Waals surface area (Å²) in [6.45, 7) is -0.391. The van der Waals surface area contributed by atoms with Crippen molar-refractivity contribution in [2.45, 2.75) is 36.8 Å². The molecule has 0 spiro atoms. The van der Waals surface area contributed by atoms with Gasteiger partial charge in [-0.25, -0.2) is 4.68 Å². The highest BCUT2D eigenvalue weighted by atomic mass is 16.5. The molecule has 0 aliphatic carbocycles. The first-order valence-electron chi connectivity index (χ1n) is 6.33. The number of aliphatic hydroxyl groups excluding tert-OH is 3. The van der Waals surface area contributed by atoms with Gasteiger partial charge in [-0.3, -0.25) is 4.79 Å². The van der Waals surface area contributed by atoms with Crippen LogP contribution in [0.2, 0.25) is 6.32 Å². The summed E-state index contributed by atoms with van der Waals surface area (Å²) in [5, 5.41) is 36.9. The van der Waals surface area contributed by atoms with E-state index in [1.807, 2.05) is 7.85 Å². The van der Waals surface area contributed by atoms with Gasteiger partial charge in [0.2, 0.25) is 0 Å². The van der Waals surface area contributed by atoms with Crippen LogP contribution in [0.4, 0.5) is 0 Å². The average molecular weight is 284 g/mol. The lowest BCUT2D eigenvalue weighted by molar-refractivity contribution is -0.199. The molecule has 0 aromatic carbocycles. The summed E-state index contributed by atoms with van der Waals surface area (Å²) in [6, 6.07) is -0.869. The molecule has 5 atom stereocenters. The molecule has 0 radical (unpaired) electrons. The average Bonchev–Trinajstić information content (AvgIpc) is 2.89. The van der Waals surface area contributed by atoms with Gasteiger partial charge in [0.05, 0.1) is 18.9 Å². The molecular formula is C10H17BN4O5. The fourth-order valence-electron chi connectivity index (χ4n) is 2.36. The third-order valence-corrected chi connectivity index (χ3v) is 3.46. The number of primary amides is 1. The molecule has 9 nitrogen and oxygen atoms in total. The van der Waals surface area contributed by atoms with E-state index >= 15 is 0 Å². The highest BCUT2D eigenvalue weighted by Gasteiger charge is 2.45. The molecule has 1 aromatic rings. The molecule has 1 amide bonds. The van der Waals surface area contributed by atoms with E-state index in [0.29, 0.717) is 6.32 Å². The van der Waals surface area contributed by atoms with Gasteiger partial charge in [0.1, 0.15) is 32.2 Å². The predicted molar refractivity (Wildman–Crippen MR) is 68.7 cm³/mol. The number of carbonyl (C=O) groups is 1. The van der Waals surface area contributed by atoms with Crippen molar-refractivity contribution in [3.63, 3.8) is 0 Å². The maximum atomic E-state index is 11.0. The van der Waals surface area contributed by atoms with E-state index in [4.69, 9.17) is 10.5 Å². The Hall–Kier alpha value is -1.49. The fourth-order valence-corrected chi connectivity index (χ4v) is 2.36. The molecule has 2 rings (SSSR count). The highest BCUT2D eigenvalue weighted by molar-refractivity contribution is 6.08. The largest absolute Gasteiger partial charge is 0.394 e. The molecule has 5 N–H and O–H groups in total. The molecule has 2 unspecified atom stereocenters. The number of hydrogen-bond donors (Lipinski definition) is 4. The zero-order valence-electron chi connectivity index (χ0n) is 11.0. The molecular weight excluding hydrogens is 267 g/mol. The highest BCUT2D eigenvalue weighted by Crippen LogP contribution is 2.30. The number of aromatic nitrogens is 3. The van der Waals surface area contributed by atoms with E-state index in [9.17, 15) is 20.1 Å². The van der Waals surface area contributed by atoms with Crippen molar-refractivity contribution >= 4 is 13.8 Å². The van der Waals surface area contributed by atoms with E-state index in [2.05, 4.69) is 10.3 Å². The van der Waals surface area contributed by atoms with Gasteiger partial charge < -0.3 is 25.8 Å². The van der Waals surface area contributed by atoms with Gasteiger partial charge in [0.15, 0.2) is 5.69 Å². The zero-order chi connectivity index (χ0) is 14.9. The number of ether oxygens (including phenoxy) is 1. The third-order valence-electron chi connectivity index (χ3n) is 3.46. The number of hydrogen-bond acceptors (Lipinski definition) is 7. The smallest absolute Gasteiger partial charge is 0.270 e. The van der Waals surface area contributed by atoms with Crippen molar-refractivity contribution < 1.29 is 24.9 Å². The first-order valence-corrected chi connectivity index (χ1v) is 6.33. The first-order chi connectivity index (χ1) is 9.49. The molecule has 1 aliphatic rings. The molecule has 1 fully saturated rings. The van der Waals surface area contributed by atoms with Crippen LogP contribution < -0.4 is 5.73 Å². The number of carbonyl (C=O) groups excluding carboxylic acids is 1. The summed E-state index contributed by atoms with van der Waals surface area (Å²) in [4.78, 5) is 11.0. The summed E-state index contributed by atoms with van der Waals surface area (Å²) in [6.07, 6.45) is -1.86. The van der Waals surface area contributed by atoms with Crippen LogP contribution in [0.25, 0.3) is 0 Å². The lowest BCUT2D eigenvalue weighted by Gasteiger charge is -2.42. The van der Waals surface area contributed by atoms with Crippen LogP contribution in [0.5, 0.6) is 0 Å². The quantitative estimate of drug-likeness (QED) is 0.419. The standard InChI is InChI=1S/C10H17BN4O5/c11-1-5-8(17)7(9(18)6(3-16)20-5)15-2-4(10(12)19)13-14-15/h2,5-9,16-18H,1,3,11H2,(H2,12,19)/t5-,6?,7-,8?,9+/m1/s1. The summed E-state index contributed by atoms with van der Waals surface area (Å²) < 4.78 is 6.60. The van der Waals surface area contributed by atoms with Gasteiger partial charge in [0.25, 0.3) is 5.91 Å². The second kappa shape index (κ2) is 5.88. The third kappa shape index (κ3) is 2.55. The number of rotatable bonds is 4. The van der Waals surface area contributed by atoms with Crippen molar-refractivity contribution in [1.29, 1.82) is 0 Å². The van der Waals surface area contributed by atoms with E-state index in [0.717, 1.165) is 0 Å². The van der Waals surface area contributed by atoms with Crippen LogP contribution >= 0.6 is 0 Å². The monoisotopic (exact) mass is 284 g/mol. The minimum absolute atomic E-state index is 0.0653. The van der Waals surface area contributed by atoms with Gasteiger partial charge >= 0.3 is 0 Å². The van der Waals surface area contributed by atoms with Crippen LogP contribution in [-0.2, 0) is 4.74 Å². The second-order valence-electron chi connectivity index (χ2n) is 4.72. The molecule has 1 aliphatic heterocycles. The first kappa shape index (κ1) is 14.9.